The van der Waals surface area contributed by atoms with Gasteiger partial charge in [-0.15, -0.1) is 0 Å². The minimum Gasteiger partial charge on any atom is -0.497 e. The lowest BCUT2D eigenvalue weighted by atomic mass is 9.43. The van der Waals surface area contributed by atoms with Crippen molar-refractivity contribution in [1.82, 2.24) is 0 Å². The lowest BCUT2D eigenvalue weighted by Gasteiger charge is -2.63. The molecule has 0 radical (unpaired) electrons. The Hall–Kier alpha value is -2.58. The van der Waals surface area contributed by atoms with Gasteiger partial charge in [0.25, 0.3) is 0 Å². The summed E-state index contributed by atoms with van der Waals surface area (Å²) >= 11 is 0. The molecule has 0 spiro atoms. The summed E-state index contributed by atoms with van der Waals surface area (Å²) in [6.45, 7) is 3.76. The highest BCUT2D eigenvalue weighted by Gasteiger charge is 2.78. The molecule has 4 aliphatic carbocycles. The molecule has 4 fully saturated rings. The third-order valence-electron chi connectivity index (χ3n) is 11.2. The van der Waals surface area contributed by atoms with Crippen LogP contribution in [0, 0.1) is 34.0 Å². The van der Waals surface area contributed by atoms with Gasteiger partial charge in [-0.3, -0.25) is 9.59 Å². The number of carbonyl (C=O) groups is 2. The van der Waals surface area contributed by atoms with Crippen molar-refractivity contribution < 1.29 is 33.3 Å². The SMILES string of the molecule is COc1ccc(N2C[C@@H]3C[C@H]4[C@@H]5C[C@H](F)C6=CC(=O)C=C[C@]6(C)[C@@]5(F)[C@@H](O)C[C@]4(C)[C@]3(C(=O)CO)C2)cc1. The number of methoxy groups -OCH3 is 1. The number of halogens is 2. The van der Waals surface area contributed by atoms with Gasteiger partial charge in [0.05, 0.1) is 18.6 Å². The maximum absolute atomic E-state index is 17.5. The number of hydrogen-bond donors (Lipinski definition) is 2. The molecule has 1 heterocycles. The Morgan fingerprint density at radius 3 is 2.55 bits per heavy atom. The third kappa shape index (κ3) is 2.93. The molecule has 0 aromatic heterocycles. The Morgan fingerprint density at radius 1 is 1.18 bits per heavy atom. The van der Waals surface area contributed by atoms with Crippen LogP contribution in [0.3, 0.4) is 0 Å². The van der Waals surface area contributed by atoms with Gasteiger partial charge in [0.15, 0.2) is 17.2 Å². The first-order valence-electron chi connectivity index (χ1n) is 13.5. The van der Waals surface area contributed by atoms with Crippen LogP contribution in [0.2, 0.25) is 0 Å². The summed E-state index contributed by atoms with van der Waals surface area (Å²) in [4.78, 5) is 27.9. The van der Waals surface area contributed by atoms with E-state index in [2.05, 4.69) is 4.90 Å². The Balaban J connectivity index is 1.42. The number of anilines is 1. The van der Waals surface area contributed by atoms with Crippen LogP contribution in [0.1, 0.15) is 33.1 Å². The Morgan fingerprint density at radius 2 is 1.89 bits per heavy atom. The topological polar surface area (TPSA) is 87.1 Å². The van der Waals surface area contributed by atoms with E-state index in [9.17, 15) is 19.8 Å². The lowest BCUT2D eigenvalue weighted by Crippen LogP contribution is -2.69. The fraction of sp³-hybridized carbons (Fsp3) is 0.600. The summed E-state index contributed by atoms with van der Waals surface area (Å²) in [5, 5.41) is 21.8. The number of ether oxygens (including phenoxy) is 1. The molecule has 3 saturated carbocycles. The summed E-state index contributed by atoms with van der Waals surface area (Å²) < 4.78 is 38.4. The number of nitrogens with zero attached hydrogens (tertiary/aromatic N) is 1. The summed E-state index contributed by atoms with van der Waals surface area (Å²) in [6.07, 6.45) is 1.29. The van der Waals surface area contributed by atoms with E-state index >= 15 is 8.78 Å². The maximum atomic E-state index is 17.5. The average Bonchev–Trinajstić information content (AvgIpc) is 3.40. The van der Waals surface area contributed by atoms with E-state index < -0.39 is 46.7 Å². The van der Waals surface area contributed by atoms with Crippen LogP contribution in [0.15, 0.2) is 48.1 Å². The van der Waals surface area contributed by atoms with E-state index in [0.717, 1.165) is 11.4 Å². The molecule has 6 rings (SSSR count). The second kappa shape index (κ2) is 8.21. The van der Waals surface area contributed by atoms with Crippen LogP contribution in [-0.4, -0.2) is 66.5 Å². The van der Waals surface area contributed by atoms with Crippen molar-refractivity contribution in [2.45, 2.75) is 51.1 Å². The van der Waals surface area contributed by atoms with Gasteiger partial charge in [-0.05, 0) is 85.4 Å². The van der Waals surface area contributed by atoms with Crippen molar-refractivity contribution in [3.8, 4) is 5.75 Å². The van der Waals surface area contributed by atoms with Crippen LogP contribution >= 0.6 is 0 Å². The fourth-order valence-electron chi connectivity index (χ4n) is 9.41. The van der Waals surface area contributed by atoms with E-state index in [1.165, 1.54) is 18.2 Å². The molecule has 38 heavy (non-hydrogen) atoms. The highest BCUT2D eigenvalue weighted by Crippen LogP contribution is 2.74. The predicted molar refractivity (Wildman–Crippen MR) is 137 cm³/mol. The number of aliphatic hydroxyl groups excluding tert-OH is 2. The molecule has 1 saturated heterocycles. The summed E-state index contributed by atoms with van der Waals surface area (Å²) in [5.41, 5.74) is -4.47. The largest absolute Gasteiger partial charge is 0.497 e. The van der Waals surface area contributed by atoms with Gasteiger partial charge in [0.2, 0.25) is 0 Å². The minimum atomic E-state index is -2.18. The highest BCUT2D eigenvalue weighted by molar-refractivity contribution is 6.01. The fourth-order valence-corrected chi connectivity index (χ4v) is 9.41. The third-order valence-corrected chi connectivity index (χ3v) is 11.2. The van der Waals surface area contributed by atoms with Gasteiger partial charge < -0.3 is 19.8 Å². The van der Waals surface area contributed by atoms with Crippen molar-refractivity contribution in [2.75, 3.05) is 31.7 Å². The number of benzene rings is 1. The molecule has 0 bridgehead atoms. The summed E-state index contributed by atoms with van der Waals surface area (Å²) in [7, 11) is 1.60. The summed E-state index contributed by atoms with van der Waals surface area (Å²) in [6, 6.07) is 7.57. The van der Waals surface area contributed by atoms with E-state index in [-0.39, 0.29) is 41.8 Å². The average molecular weight is 528 g/mol. The number of alkyl halides is 2. The first-order chi connectivity index (χ1) is 18.0. The smallest absolute Gasteiger partial charge is 0.178 e. The molecule has 2 N–H and O–H groups in total. The molecule has 0 unspecified atom stereocenters. The van der Waals surface area contributed by atoms with Crippen LogP contribution in [0.4, 0.5) is 14.5 Å². The predicted octanol–water partition coefficient (Wildman–Crippen LogP) is 3.61. The highest BCUT2D eigenvalue weighted by atomic mass is 19.1. The monoisotopic (exact) mass is 527 g/mol. The zero-order valence-corrected chi connectivity index (χ0v) is 22.0. The number of Topliss-reactive ketones (excluding diaryl/α,β-unsaturated/α-hetero) is 1. The van der Waals surface area contributed by atoms with Crippen LogP contribution in [-0.2, 0) is 9.59 Å². The van der Waals surface area contributed by atoms with Crippen molar-refractivity contribution in [1.29, 1.82) is 0 Å². The second-order valence-corrected chi connectivity index (χ2v) is 12.4. The molecular formula is C30H35F2NO5. The van der Waals surface area contributed by atoms with E-state index in [1.807, 2.05) is 31.2 Å². The molecule has 204 valence electrons. The number of hydrogen-bond acceptors (Lipinski definition) is 6. The summed E-state index contributed by atoms with van der Waals surface area (Å²) in [5.74, 6) is -1.34. The van der Waals surface area contributed by atoms with Crippen LogP contribution in [0.25, 0.3) is 0 Å². The lowest BCUT2D eigenvalue weighted by molar-refractivity contribution is -0.210. The first kappa shape index (κ1) is 25.7. The zero-order chi connectivity index (χ0) is 27.3. The zero-order valence-electron chi connectivity index (χ0n) is 22.0. The number of aliphatic hydroxyl groups is 2. The van der Waals surface area contributed by atoms with Gasteiger partial charge in [0.1, 0.15) is 18.5 Å². The van der Waals surface area contributed by atoms with Crippen molar-refractivity contribution in [3.63, 3.8) is 0 Å². The van der Waals surface area contributed by atoms with Crippen molar-refractivity contribution in [2.24, 2.45) is 34.0 Å². The van der Waals surface area contributed by atoms with Gasteiger partial charge in [-0.25, -0.2) is 8.78 Å². The Bertz CT molecular complexity index is 1250. The molecule has 9 atom stereocenters. The first-order valence-corrected chi connectivity index (χ1v) is 13.5. The van der Waals surface area contributed by atoms with Gasteiger partial charge in [-0.1, -0.05) is 13.0 Å². The number of carbonyl (C=O) groups excluding carboxylic acids is 2. The minimum absolute atomic E-state index is 0.0188. The Labute approximate surface area is 221 Å². The number of ketones is 2. The quantitative estimate of drug-likeness (QED) is 0.622. The molecule has 0 amide bonds. The molecule has 5 aliphatic rings. The normalized spacial score (nSPS) is 45.1. The van der Waals surface area contributed by atoms with Gasteiger partial charge >= 0.3 is 0 Å². The van der Waals surface area contributed by atoms with E-state index in [1.54, 1.807) is 14.0 Å². The van der Waals surface area contributed by atoms with Crippen molar-refractivity contribution in [3.05, 3.63) is 48.1 Å². The number of rotatable bonds is 4. The molecule has 6 nitrogen and oxygen atoms in total. The van der Waals surface area contributed by atoms with Crippen LogP contribution in [0.5, 0.6) is 5.75 Å². The molecule has 8 heteroatoms. The van der Waals surface area contributed by atoms with Crippen molar-refractivity contribution >= 4 is 17.3 Å². The number of fused-ring (bicyclic) bond motifs is 7. The number of allylic oxidation sites excluding steroid dienone is 4. The van der Waals surface area contributed by atoms with Gasteiger partial charge in [-0.2, -0.15) is 0 Å². The molecular weight excluding hydrogens is 492 g/mol. The molecule has 1 aromatic rings. The Kier molecular flexibility index (Phi) is 5.55. The second-order valence-electron chi connectivity index (χ2n) is 12.4. The van der Waals surface area contributed by atoms with Crippen LogP contribution < -0.4 is 9.64 Å². The standard InChI is InChI=1S/C30H35F2NO5/c1-27-9-8-19(35)11-23(27)24(31)12-22-21-10-17-14-33(18-4-6-20(38-3)7-5-18)16-29(17,26(37)15-34)28(21,2)13-25(36)30(22,27)32/h4-9,11,17,21-22,24-25,34,36H,10,12-16H2,1-3H3/t17-,21-,22-,24-,25-,27-,28-,29+,30-/m0/s1. The molecule has 1 aliphatic heterocycles. The maximum Gasteiger partial charge on any atom is 0.178 e. The van der Waals surface area contributed by atoms with Gasteiger partial charge in [0, 0.05) is 30.1 Å². The van der Waals surface area contributed by atoms with E-state index in [4.69, 9.17) is 4.74 Å². The van der Waals surface area contributed by atoms with E-state index in [0.29, 0.717) is 19.5 Å². The molecule has 1 aromatic carbocycles.